The molecule has 0 bridgehead atoms. The van der Waals surface area contributed by atoms with E-state index in [9.17, 15) is 4.79 Å². The molecular weight excluding hydrogens is 314 g/mol. The van der Waals surface area contributed by atoms with E-state index in [0.717, 1.165) is 22.2 Å². The van der Waals surface area contributed by atoms with Crippen molar-refractivity contribution in [2.75, 3.05) is 25.1 Å². The van der Waals surface area contributed by atoms with Gasteiger partial charge in [0.05, 0.1) is 12.2 Å². The second-order valence-corrected chi connectivity index (χ2v) is 5.52. The second-order valence-electron chi connectivity index (χ2n) is 5.52. The third-order valence-corrected chi connectivity index (χ3v) is 3.85. The Morgan fingerprint density at radius 3 is 2.60 bits per heavy atom. The van der Waals surface area contributed by atoms with Gasteiger partial charge in [-0.05, 0) is 30.5 Å². The summed E-state index contributed by atoms with van der Waals surface area (Å²) in [6.45, 7) is 3.23. The number of fused-ring (bicyclic) bond motifs is 1. The van der Waals surface area contributed by atoms with Crippen molar-refractivity contribution in [3.63, 3.8) is 0 Å². The Morgan fingerprint density at radius 1 is 0.960 bits per heavy atom. The smallest absolute Gasteiger partial charge is 0.340 e. The molecule has 0 spiro atoms. The minimum atomic E-state index is -0.319. The fourth-order valence-electron chi connectivity index (χ4n) is 2.69. The molecule has 3 rings (SSSR count). The van der Waals surface area contributed by atoms with Crippen molar-refractivity contribution in [1.29, 1.82) is 0 Å². The quantitative estimate of drug-likeness (QED) is 0.510. The van der Waals surface area contributed by atoms with Crippen molar-refractivity contribution in [1.82, 2.24) is 0 Å². The average molecular weight is 335 g/mol. The lowest BCUT2D eigenvalue weighted by Crippen LogP contribution is -2.15. The molecule has 0 radical (unpaired) electrons. The zero-order chi connectivity index (χ0) is 17.5. The molecule has 0 aliphatic rings. The third-order valence-electron chi connectivity index (χ3n) is 3.85. The number of ether oxygens (including phenoxy) is 2. The summed E-state index contributed by atoms with van der Waals surface area (Å²) in [6, 6.07) is 21.5. The number of nitrogens with one attached hydrogen (secondary N) is 1. The lowest BCUT2D eigenvalue weighted by molar-refractivity contribution is 0.0527. The summed E-state index contributed by atoms with van der Waals surface area (Å²) in [5.74, 6) is 0.541. The van der Waals surface area contributed by atoms with E-state index in [1.54, 1.807) is 13.0 Å². The van der Waals surface area contributed by atoms with Gasteiger partial charge in [-0.1, -0.05) is 48.5 Å². The lowest BCUT2D eigenvalue weighted by atomic mass is 10.1. The van der Waals surface area contributed by atoms with Gasteiger partial charge in [-0.25, -0.2) is 4.79 Å². The Morgan fingerprint density at radius 2 is 1.72 bits per heavy atom. The molecule has 3 aromatic rings. The van der Waals surface area contributed by atoms with Crippen LogP contribution in [0.25, 0.3) is 10.8 Å². The van der Waals surface area contributed by atoms with Crippen LogP contribution in [0.4, 0.5) is 5.69 Å². The van der Waals surface area contributed by atoms with Crippen molar-refractivity contribution < 1.29 is 14.3 Å². The summed E-state index contributed by atoms with van der Waals surface area (Å²) in [5, 5.41) is 5.49. The highest BCUT2D eigenvalue weighted by molar-refractivity contribution is 5.95. The van der Waals surface area contributed by atoms with Crippen LogP contribution in [0.1, 0.15) is 17.3 Å². The van der Waals surface area contributed by atoms with Gasteiger partial charge in [0.1, 0.15) is 12.4 Å². The van der Waals surface area contributed by atoms with Crippen molar-refractivity contribution in [2.24, 2.45) is 0 Å². The zero-order valence-electron chi connectivity index (χ0n) is 14.2. The van der Waals surface area contributed by atoms with E-state index in [0.29, 0.717) is 25.3 Å². The first kappa shape index (κ1) is 16.8. The van der Waals surface area contributed by atoms with Crippen LogP contribution < -0.4 is 10.1 Å². The van der Waals surface area contributed by atoms with Gasteiger partial charge >= 0.3 is 5.97 Å². The maximum Gasteiger partial charge on any atom is 0.340 e. The van der Waals surface area contributed by atoms with Gasteiger partial charge in [-0.2, -0.15) is 0 Å². The number of hydrogen-bond donors (Lipinski definition) is 1. The normalized spacial score (nSPS) is 10.4. The molecule has 0 fully saturated rings. The molecule has 1 N–H and O–H groups in total. The molecular formula is C21H21NO3. The van der Waals surface area contributed by atoms with Crippen molar-refractivity contribution in [2.45, 2.75) is 6.92 Å². The first-order valence-electron chi connectivity index (χ1n) is 8.40. The molecule has 0 aromatic heterocycles. The van der Waals surface area contributed by atoms with Crippen LogP contribution in [-0.2, 0) is 4.74 Å². The largest absolute Gasteiger partial charge is 0.491 e. The number of esters is 1. The van der Waals surface area contributed by atoms with Crippen LogP contribution in [-0.4, -0.2) is 25.7 Å². The zero-order valence-corrected chi connectivity index (χ0v) is 14.2. The van der Waals surface area contributed by atoms with E-state index < -0.39 is 0 Å². The Bertz CT molecular complexity index is 855. The number of rotatable bonds is 7. The maximum absolute atomic E-state index is 12.0. The number of benzene rings is 3. The predicted octanol–water partition coefficient (Wildman–Crippen LogP) is 4.51. The van der Waals surface area contributed by atoms with E-state index in [4.69, 9.17) is 9.47 Å². The SMILES string of the molecule is CCOC(=O)c1ccccc1NCCOc1cccc2ccccc12. The molecule has 4 heteroatoms. The monoisotopic (exact) mass is 335 g/mol. The number of hydrogen-bond acceptors (Lipinski definition) is 4. The van der Waals surface area contributed by atoms with Gasteiger partial charge in [0.2, 0.25) is 0 Å². The summed E-state index contributed by atoms with van der Waals surface area (Å²) >= 11 is 0. The summed E-state index contributed by atoms with van der Waals surface area (Å²) in [7, 11) is 0. The standard InChI is InChI=1S/C21H21NO3/c1-2-24-21(23)18-11-5-6-12-19(18)22-14-15-25-20-13-7-9-16-8-3-4-10-17(16)20/h3-13,22H,2,14-15H2,1H3. The third kappa shape index (κ3) is 4.10. The van der Waals surface area contributed by atoms with Gasteiger partial charge in [0.15, 0.2) is 0 Å². The van der Waals surface area contributed by atoms with Crippen LogP contribution in [0.5, 0.6) is 5.75 Å². The highest BCUT2D eigenvalue weighted by Gasteiger charge is 2.11. The molecule has 0 unspecified atom stereocenters. The number of anilines is 1. The van der Waals surface area contributed by atoms with Crippen molar-refractivity contribution >= 4 is 22.4 Å². The Labute approximate surface area is 147 Å². The minimum Gasteiger partial charge on any atom is -0.491 e. The van der Waals surface area contributed by atoms with E-state index in [-0.39, 0.29) is 5.97 Å². The van der Waals surface area contributed by atoms with Crippen LogP contribution in [0.3, 0.4) is 0 Å². The molecule has 0 saturated heterocycles. The lowest BCUT2D eigenvalue weighted by Gasteiger charge is -2.13. The second kappa shape index (κ2) is 8.20. The summed E-state index contributed by atoms with van der Waals surface area (Å²) in [4.78, 5) is 12.0. The molecule has 128 valence electrons. The van der Waals surface area contributed by atoms with Crippen molar-refractivity contribution in [3.8, 4) is 5.75 Å². The highest BCUT2D eigenvalue weighted by Crippen LogP contribution is 2.25. The van der Waals surface area contributed by atoms with Gasteiger partial charge in [0.25, 0.3) is 0 Å². The Hall–Kier alpha value is -3.01. The molecule has 25 heavy (non-hydrogen) atoms. The first-order valence-corrected chi connectivity index (χ1v) is 8.40. The fraction of sp³-hybridized carbons (Fsp3) is 0.190. The number of carbonyl (C=O) groups is 1. The van der Waals surface area contributed by atoms with Gasteiger partial charge in [-0.15, -0.1) is 0 Å². The summed E-state index contributed by atoms with van der Waals surface area (Å²) < 4.78 is 11.0. The van der Waals surface area contributed by atoms with E-state index in [2.05, 4.69) is 17.4 Å². The minimum absolute atomic E-state index is 0.319. The predicted molar refractivity (Wildman–Crippen MR) is 100 cm³/mol. The highest BCUT2D eigenvalue weighted by atomic mass is 16.5. The molecule has 0 atom stereocenters. The van der Waals surface area contributed by atoms with Crippen LogP contribution in [0.15, 0.2) is 66.7 Å². The maximum atomic E-state index is 12.0. The van der Waals surface area contributed by atoms with Crippen LogP contribution in [0, 0.1) is 0 Å². The van der Waals surface area contributed by atoms with E-state index >= 15 is 0 Å². The topological polar surface area (TPSA) is 47.6 Å². The van der Waals surface area contributed by atoms with Gasteiger partial charge in [-0.3, -0.25) is 0 Å². The molecule has 3 aromatic carbocycles. The molecule has 0 amide bonds. The van der Waals surface area contributed by atoms with Gasteiger partial charge in [0, 0.05) is 17.6 Å². The molecule has 0 aliphatic heterocycles. The van der Waals surface area contributed by atoms with E-state index in [1.807, 2.05) is 48.5 Å². The Kier molecular flexibility index (Phi) is 5.52. The van der Waals surface area contributed by atoms with E-state index in [1.165, 1.54) is 0 Å². The number of para-hydroxylation sites is 1. The summed E-state index contributed by atoms with van der Waals surface area (Å²) in [6.07, 6.45) is 0. The molecule has 0 aliphatic carbocycles. The van der Waals surface area contributed by atoms with Crippen molar-refractivity contribution in [3.05, 3.63) is 72.3 Å². The van der Waals surface area contributed by atoms with Crippen LogP contribution in [0.2, 0.25) is 0 Å². The summed E-state index contributed by atoms with van der Waals surface area (Å²) in [5.41, 5.74) is 1.29. The first-order chi connectivity index (χ1) is 12.3. The number of carbonyl (C=O) groups excluding carboxylic acids is 1. The molecule has 0 heterocycles. The molecule has 0 saturated carbocycles. The average Bonchev–Trinajstić information content (AvgIpc) is 2.66. The Balaban J connectivity index is 1.61. The van der Waals surface area contributed by atoms with Crippen LogP contribution >= 0.6 is 0 Å². The fourth-order valence-corrected chi connectivity index (χ4v) is 2.69. The van der Waals surface area contributed by atoms with Gasteiger partial charge < -0.3 is 14.8 Å². The molecule has 4 nitrogen and oxygen atoms in total.